The summed E-state index contributed by atoms with van der Waals surface area (Å²) in [4.78, 5) is 29.9. The second kappa shape index (κ2) is 10.5. The van der Waals surface area contributed by atoms with Crippen molar-refractivity contribution in [3.63, 3.8) is 0 Å². The summed E-state index contributed by atoms with van der Waals surface area (Å²) in [5, 5.41) is 7.85. The van der Waals surface area contributed by atoms with Crippen molar-refractivity contribution < 1.29 is 14.3 Å². The summed E-state index contributed by atoms with van der Waals surface area (Å²) in [6.45, 7) is 2.93. The fourth-order valence-corrected chi connectivity index (χ4v) is 4.55. The molecule has 1 aromatic heterocycles. The highest BCUT2D eigenvalue weighted by atomic mass is 32.1. The number of hydrogen-bond acceptors (Lipinski definition) is 6. The van der Waals surface area contributed by atoms with Gasteiger partial charge in [0, 0.05) is 37.6 Å². The molecule has 4 rings (SSSR count). The van der Waals surface area contributed by atoms with Gasteiger partial charge >= 0.3 is 0 Å². The molecule has 0 saturated carbocycles. The minimum Gasteiger partial charge on any atom is -0.496 e. The summed E-state index contributed by atoms with van der Waals surface area (Å²) in [7, 11) is 1.52. The SMILES string of the molecule is COc1ccccc1C(=O)NC(=S)Nc1ccc(N2CCN(C(=O)c3cccs3)CC2)cc1. The predicted molar refractivity (Wildman–Crippen MR) is 136 cm³/mol. The van der Waals surface area contributed by atoms with E-state index in [1.807, 2.05) is 46.7 Å². The van der Waals surface area contributed by atoms with Crippen molar-refractivity contribution in [1.82, 2.24) is 10.2 Å². The Morgan fingerprint density at radius 2 is 1.70 bits per heavy atom. The van der Waals surface area contributed by atoms with Gasteiger partial charge in [-0.25, -0.2) is 0 Å². The standard InChI is InChI=1S/C24H24N4O3S2/c1-31-20-6-3-2-5-19(20)22(29)26-24(32)25-17-8-10-18(11-9-17)27-12-14-28(15-13-27)23(30)21-7-4-16-33-21/h2-11,16H,12-15H2,1H3,(H2,25,26,29,32). The number of nitrogens with one attached hydrogen (secondary N) is 2. The van der Waals surface area contributed by atoms with Crippen molar-refractivity contribution >= 4 is 51.9 Å². The third kappa shape index (κ3) is 5.50. The molecule has 0 radical (unpaired) electrons. The van der Waals surface area contributed by atoms with Gasteiger partial charge in [-0.1, -0.05) is 18.2 Å². The van der Waals surface area contributed by atoms with Gasteiger partial charge in [0.2, 0.25) is 0 Å². The van der Waals surface area contributed by atoms with Crippen molar-refractivity contribution in [1.29, 1.82) is 0 Å². The number of anilines is 2. The van der Waals surface area contributed by atoms with Crippen LogP contribution in [0.2, 0.25) is 0 Å². The number of thiophene rings is 1. The molecule has 7 nitrogen and oxygen atoms in total. The first kappa shape index (κ1) is 22.8. The molecule has 2 N–H and O–H groups in total. The van der Waals surface area contributed by atoms with Crippen LogP contribution in [0.3, 0.4) is 0 Å². The molecule has 2 amide bonds. The second-order valence-corrected chi connectivity index (χ2v) is 8.77. The minimum absolute atomic E-state index is 0.105. The average molecular weight is 481 g/mol. The zero-order valence-corrected chi connectivity index (χ0v) is 19.7. The molecule has 170 valence electrons. The second-order valence-electron chi connectivity index (χ2n) is 7.41. The van der Waals surface area contributed by atoms with Crippen LogP contribution in [0.4, 0.5) is 11.4 Å². The first-order valence-electron chi connectivity index (χ1n) is 10.5. The van der Waals surface area contributed by atoms with E-state index in [0.29, 0.717) is 24.4 Å². The van der Waals surface area contributed by atoms with Gasteiger partial charge in [-0.05, 0) is 60.1 Å². The van der Waals surface area contributed by atoms with E-state index in [1.54, 1.807) is 24.3 Å². The number of ether oxygens (including phenoxy) is 1. The van der Waals surface area contributed by atoms with E-state index >= 15 is 0 Å². The monoisotopic (exact) mass is 480 g/mol. The van der Waals surface area contributed by atoms with E-state index in [0.717, 1.165) is 29.3 Å². The first-order chi connectivity index (χ1) is 16.0. The van der Waals surface area contributed by atoms with Gasteiger partial charge in [0.05, 0.1) is 17.6 Å². The lowest BCUT2D eigenvalue weighted by Crippen LogP contribution is -2.48. The van der Waals surface area contributed by atoms with Gasteiger partial charge in [-0.3, -0.25) is 14.9 Å². The van der Waals surface area contributed by atoms with Crippen LogP contribution in [0.1, 0.15) is 20.0 Å². The number of piperazine rings is 1. The maximum Gasteiger partial charge on any atom is 0.264 e. The molecule has 1 saturated heterocycles. The van der Waals surface area contributed by atoms with Crippen LogP contribution < -0.4 is 20.3 Å². The first-order valence-corrected chi connectivity index (χ1v) is 11.8. The molecule has 3 aromatic rings. The third-order valence-electron chi connectivity index (χ3n) is 5.37. The van der Waals surface area contributed by atoms with E-state index in [-0.39, 0.29) is 16.9 Å². The Labute approximate surface area is 202 Å². The number of carbonyl (C=O) groups is 2. The maximum atomic E-state index is 12.5. The minimum atomic E-state index is -0.337. The number of benzene rings is 2. The van der Waals surface area contributed by atoms with Crippen LogP contribution in [0, 0.1) is 0 Å². The molecular formula is C24H24N4O3S2. The zero-order chi connectivity index (χ0) is 23.2. The highest BCUT2D eigenvalue weighted by molar-refractivity contribution is 7.80. The Balaban J connectivity index is 1.29. The number of methoxy groups -OCH3 is 1. The van der Waals surface area contributed by atoms with E-state index < -0.39 is 0 Å². The molecule has 0 atom stereocenters. The highest BCUT2D eigenvalue weighted by Crippen LogP contribution is 2.21. The van der Waals surface area contributed by atoms with Crippen molar-refractivity contribution in [3.8, 4) is 5.75 Å². The van der Waals surface area contributed by atoms with Gasteiger partial charge in [0.15, 0.2) is 5.11 Å². The van der Waals surface area contributed by atoms with Gasteiger partial charge in [0.25, 0.3) is 11.8 Å². The maximum absolute atomic E-state index is 12.5. The fraction of sp³-hybridized carbons (Fsp3) is 0.208. The summed E-state index contributed by atoms with van der Waals surface area (Å²) >= 11 is 6.77. The number of rotatable bonds is 5. The zero-order valence-electron chi connectivity index (χ0n) is 18.1. The molecule has 2 heterocycles. The molecule has 0 aliphatic carbocycles. The summed E-state index contributed by atoms with van der Waals surface area (Å²) < 4.78 is 5.23. The number of hydrogen-bond donors (Lipinski definition) is 2. The largest absolute Gasteiger partial charge is 0.496 e. The quantitative estimate of drug-likeness (QED) is 0.541. The van der Waals surface area contributed by atoms with E-state index in [9.17, 15) is 9.59 Å². The predicted octanol–water partition coefficient (Wildman–Crippen LogP) is 3.85. The summed E-state index contributed by atoms with van der Waals surface area (Å²) in [6, 6.07) is 18.6. The van der Waals surface area contributed by atoms with Crippen molar-refractivity contribution in [2.75, 3.05) is 43.5 Å². The lowest BCUT2D eigenvalue weighted by atomic mass is 10.2. The number of nitrogens with zero attached hydrogens (tertiary/aromatic N) is 2. The average Bonchev–Trinajstić information content (AvgIpc) is 3.39. The van der Waals surface area contributed by atoms with E-state index in [1.165, 1.54) is 18.4 Å². The Hall–Kier alpha value is -3.43. The van der Waals surface area contributed by atoms with E-state index in [2.05, 4.69) is 15.5 Å². The smallest absolute Gasteiger partial charge is 0.264 e. The number of para-hydroxylation sites is 1. The topological polar surface area (TPSA) is 73.9 Å². The van der Waals surface area contributed by atoms with Crippen LogP contribution in [-0.2, 0) is 0 Å². The summed E-state index contributed by atoms with van der Waals surface area (Å²) in [5.41, 5.74) is 2.26. The molecule has 0 spiro atoms. The summed E-state index contributed by atoms with van der Waals surface area (Å²) in [6.07, 6.45) is 0. The normalized spacial score (nSPS) is 13.4. The van der Waals surface area contributed by atoms with Gasteiger partial charge < -0.3 is 19.9 Å². The Morgan fingerprint density at radius 1 is 0.970 bits per heavy atom. The Bertz CT molecular complexity index is 1120. The molecular weight excluding hydrogens is 456 g/mol. The van der Waals surface area contributed by atoms with Crippen molar-refractivity contribution in [3.05, 3.63) is 76.5 Å². The van der Waals surface area contributed by atoms with Crippen LogP contribution in [-0.4, -0.2) is 55.1 Å². The van der Waals surface area contributed by atoms with Crippen LogP contribution in [0.25, 0.3) is 0 Å². The lowest BCUT2D eigenvalue weighted by molar-refractivity contribution is 0.0751. The summed E-state index contributed by atoms with van der Waals surface area (Å²) in [5.74, 6) is 0.253. The lowest BCUT2D eigenvalue weighted by Gasteiger charge is -2.36. The molecule has 33 heavy (non-hydrogen) atoms. The van der Waals surface area contributed by atoms with Crippen LogP contribution >= 0.6 is 23.6 Å². The molecule has 0 bridgehead atoms. The molecule has 2 aromatic carbocycles. The molecule has 9 heteroatoms. The highest BCUT2D eigenvalue weighted by Gasteiger charge is 2.23. The number of thiocarbonyl (C=S) groups is 1. The molecule has 1 fully saturated rings. The van der Waals surface area contributed by atoms with E-state index in [4.69, 9.17) is 17.0 Å². The van der Waals surface area contributed by atoms with Crippen LogP contribution in [0.5, 0.6) is 5.75 Å². The molecule has 0 unspecified atom stereocenters. The number of amides is 2. The molecule has 1 aliphatic rings. The third-order valence-corrected chi connectivity index (χ3v) is 6.43. The van der Waals surface area contributed by atoms with Crippen molar-refractivity contribution in [2.24, 2.45) is 0 Å². The fourth-order valence-electron chi connectivity index (χ4n) is 3.64. The van der Waals surface area contributed by atoms with Gasteiger partial charge in [0.1, 0.15) is 5.75 Å². The Kier molecular flexibility index (Phi) is 7.21. The number of carbonyl (C=O) groups excluding carboxylic acids is 2. The molecule has 1 aliphatic heterocycles. The van der Waals surface area contributed by atoms with Crippen molar-refractivity contribution in [2.45, 2.75) is 0 Å². The Morgan fingerprint density at radius 3 is 2.36 bits per heavy atom. The van der Waals surface area contributed by atoms with Gasteiger partial charge in [-0.15, -0.1) is 11.3 Å². The van der Waals surface area contributed by atoms with Gasteiger partial charge in [-0.2, -0.15) is 0 Å². The van der Waals surface area contributed by atoms with Crippen LogP contribution in [0.15, 0.2) is 66.0 Å².